The molecule has 0 atom stereocenters. The zero-order chi connectivity index (χ0) is 0. The third-order valence-electron chi connectivity index (χ3n) is 0. The fraction of sp³-hybridized carbons (Fsp3) is 0. The topological polar surface area (TPSA) is 85.5 Å². The first kappa shape index (κ1) is 123. The molecular formula is AlAuO3. The molecule has 0 aromatic carbocycles. The fourth-order valence-electron chi connectivity index (χ4n) is 0. The molecule has 0 aliphatic rings. The van der Waals surface area contributed by atoms with Crippen LogP contribution in [0, 0.1) is 0 Å². The first-order valence-corrected chi connectivity index (χ1v) is 0. The predicted octanol–water partition coefficient (Wildman–Crippen LogP) is -0.740. The van der Waals surface area contributed by atoms with E-state index in [4.69, 9.17) is 0 Å². The Morgan fingerprint density at radius 2 is 0.600 bits per heavy atom. The van der Waals surface area contributed by atoms with Crippen molar-refractivity contribution < 1.29 is 38.8 Å². The second-order valence-electron chi connectivity index (χ2n) is 0. The molecule has 0 heterocycles. The smallest absolute Gasteiger partial charge is 2.00 e. The van der Waals surface area contributed by atoms with Gasteiger partial charge in [-0.15, -0.1) is 0 Å². The second kappa shape index (κ2) is 66.9. The minimum Gasteiger partial charge on any atom is -2.00 e. The molecule has 0 bridgehead atoms. The van der Waals surface area contributed by atoms with Crippen molar-refractivity contribution in [2.45, 2.75) is 0 Å². The third-order valence-corrected chi connectivity index (χ3v) is 0. The summed E-state index contributed by atoms with van der Waals surface area (Å²) in [5, 5.41) is 0. The molecule has 0 N–H and O–H groups in total. The van der Waals surface area contributed by atoms with E-state index in [0.29, 0.717) is 0 Å². The van der Waals surface area contributed by atoms with E-state index in [1.807, 2.05) is 0 Å². The molecule has 0 aliphatic heterocycles. The quantitative estimate of drug-likeness (QED) is 0.520. The van der Waals surface area contributed by atoms with Crippen LogP contribution in [0.1, 0.15) is 0 Å². The third kappa shape index (κ3) is 38.5. The molecule has 3 nitrogen and oxygen atoms in total. The van der Waals surface area contributed by atoms with Crippen LogP contribution in [0.2, 0.25) is 0 Å². The van der Waals surface area contributed by atoms with E-state index in [1.54, 1.807) is 0 Å². The van der Waals surface area contributed by atoms with Gasteiger partial charge in [-0.1, -0.05) is 0 Å². The van der Waals surface area contributed by atoms with E-state index >= 15 is 0 Å². The maximum absolute atomic E-state index is 0. The fourth-order valence-corrected chi connectivity index (χ4v) is 0. The van der Waals surface area contributed by atoms with Gasteiger partial charge >= 0.3 is 39.7 Å². The van der Waals surface area contributed by atoms with Crippen molar-refractivity contribution >= 4 is 17.4 Å². The van der Waals surface area contributed by atoms with Gasteiger partial charge in [0.1, 0.15) is 0 Å². The van der Waals surface area contributed by atoms with Crippen molar-refractivity contribution in [1.82, 2.24) is 0 Å². The Morgan fingerprint density at radius 3 is 0.600 bits per heavy atom. The van der Waals surface area contributed by atoms with Crippen LogP contribution in [0.25, 0.3) is 0 Å². The maximum atomic E-state index is 0. The first-order chi connectivity index (χ1) is 0. The number of hydrogen-bond donors (Lipinski definition) is 0. The van der Waals surface area contributed by atoms with E-state index in [0.717, 1.165) is 0 Å². The van der Waals surface area contributed by atoms with Crippen molar-refractivity contribution in [2.75, 3.05) is 0 Å². The molecule has 0 rings (SSSR count). The van der Waals surface area contributed by atoms with Gasteiger partial charge in [0.15, 0.2) is 0 Å². The SMILES string of the molecule is [Al+3].[Au+3].[O-2].[O-2].[O-2]. The Morgan fingerprint density at radius 1 is 0.600 bits per heavy atom. The Balaban J connectivity index is 0. The van der Waals surface area contributed by atoms with Crippen LogP contribution in [0.5, 0.6) is 0 Å². The van der Waals surface area contributed by atoms with Crippen molar-refractivity contribution in [3.8, 4) is 0 Å². The van der Waals surface area contributed by atoms with Gasteiger partial charge in [-0.25, -0.2) is 0 Å². The van der Waals surface area contributed by atoms with Crippen LogP contribution >= 0.6 is 0 Å². The largest absolute Gasteiger partial charge is 3.00 e. The summed E-state index contributed by atoms with van der Waals surface area (Å²) in [6.07, 6.45) is 0. The molecule has 5 heteroatoms. The Kier molecular flexibility index (Phi) is 1640. The molecule has 0 saturated heterocycles. The van der Waals surface area contributed by atoms with Crippen LogP contribution in [0.3, 0.4) is 0 Å². The van der Waals surface area contributed by atoms with Gasteiger partial charge < -0.3 is 16.4 Å². The van der Waals surface area contributed by atoms with E-state index in [-0.39, 0.29) is 56.2 Å². The average Bonchev–Trinajstić information content (AvgIpc) is 0. The summed E-state index contributed by atoms with van der Waals surface area (Å²) in [6, 6.07) is 0. The van der Waals surface area contributed by atoms with Gasteiger partial charge in [0, 0.05) is 0 Å². The number of hydrogen-bond acceptors (Lipinski definition) is 0. The summed E-state index contributed by atoms with van der Waals surface area (Å²) >= 11 is 0. The Bertz CT molecular complexity index is 6.85. The van der Waals surface area contributed by atoms with Crippen LogP contribution in [-0.4, -0.2) is 17.4 Å². The minimum absolute atomic E-state index is 0. The van der Waals surface area contributed by atoms with E-state index in [9.17, 15) is 0 Å². The molecule has 0 aliphatic carbocycles. The summed E-state index contributed by atoms with van der Waals surface area (Å²) in [4.78, 5) is 0. The summed E-state index contributed by atoms with van der Waals surface area (Å²) in [5.74, 6) is 0. The van der Waals surface area contributed by atoms with Crippen LogP contribution < -0.4 is 0 Å². The minimum atomic E-state index is 0. The average molecular weight is 272 g/mol. The molecule has 0 unspecified atom stereocenters. The van der Waals surface area contributed by atoms with Crippen molar-refractivity contribution in [2.24, 2.45) is 0 Å². The summed E-state index contributed by atoms with van der Waals surface area (Å²) < 4.78 is 0. The van der Waals surface area contributed by atoms with Crippen LogP contribution in [-0.2, 0) is 38.8 Å². The molecule has 0 aromatic rings. The Hall–Kier alpha value is 1.15. The Labute approximate surface area is 56.3 Å². The van der Waals surface area contributed by atoms with Gasteiger partial charge in [0.2, 0.25) is 0 Å². The summed E-state index contributed by atoms with van der Waals surface area (Å²) in [7, 11) is 0. The van der Waals surface area contributed by atoms with Gasteiger partial charge in [-0.3, -0.25) is 0 Å². The van der Waals surface area contributed by atoms with Crippen molar-refractivity contribution in [3.63, 3.8) is 0 Å². The maximum Gasteiger partial charge on any atom is 3.00 e. The molecule has 0 aromatic heterocycles. The molecule has 5 heavy (non-hydrogen) atoms. The molecule has 0 fully saturated rings. The normalized spacial score (nSPS) is 0. The molecule has 0 radical (unpaired) electrons. The number of rotatable bonds is 0. The molecule has 0 amide bonds. The standard InChI is InChI=1S/Al.Au.3O/q2*+3;3*-2. The van der Waals surface area contributed by atoms with E-state index < -0.39 is 0 Å². The van der Waals surface area contributed by atoms with E-state index in [2.05, 4.69) is 0 Å². The summed E-state index contributed by atoms with van der Waals surface area (Å²) in [5.41, 5.74) is 0. The van der Waals surface area contributed by atoms with Crippen LogP contribution in [0.15, 0.2) is 0 Å². The van der Waals surface area contributed by atoms with Gasteiger partial charge in [0.25, 0.3) is 0 Å². The molecular weight excluding hydrogens is 272 g/mol. The van der Waals surface area contributed by atoms with Crippen molar-refractivity contribution in [3.05, 3.63) is 0 Å². The molecule has 0 saturated carbocycles. The molecule has 32 valence electrons. The first-order valence-electron chi connectivity index (χ1n) is 0. The van der Waals surface area contributed by atoms with Gasteiger partial charge in [-0.2, -0.15) is 0 Å². The van der Waals surface area contributed by atoms with Crippen molar-refractivity contribution in [1.29, 1.82) is 0 Å². The monoisotopic (exact) mass is 272 g/mol. The predicted molar refractivity (Wildman–Crippen MR) is 7.81 cm³/mol. The summed E-state index contributed by atoms with van der Waals surface area (Å²) in [6.45, 7) is 0. The van der Waals surface area contributed by atoms with Gasteiger partial charge in [-0.05, 0) is 0 Å². The second-order valence-corrected chi connectivity index (χ2v) is 0. The van der Waals surface area contributed by atoms with E-state index in [1.165, 1.54) is 0 Å². The van der Waals surface area contributed by atoms with Gasteiger partial charge in [0.05, 0.1) is 0 Å². The zero-order valence-electron chi connectivity index (χ0n) is 2.10. The zero-order valence-corrected chi connectivity index (χ0v) is 5.42. The molecule has 0 spiro atoms. The van der Waals surface area contributed by atoms with Crippen LogP contribution in [0.4, 0.5) is 0 Å².